The van der Waals surface area contributed by atoms with Crippen LogP contribution in [0.1, 0.15) is 5.82 Å². The molecule has 0 saturated carbocycles. The van der Waals surface area contributed by atoms with E-state index in [1.165, 1.54) is 0 Å². The number of imidazole rings is 1. The molecule has 0 saturated heterocycles. The highest BCUT2D eigenvalue weighted by Gasteiger charge is 2.00. The van der Waals surface area contributed by atoms with Crippen molar-refractivity contribution in [2.45, 2.75) is 6.54 Å². The maximum Gasteiger partial charge on any atom is 0.127 e. The van der Waals surface area contributed by atoms with Crippen LogP contribution in [0, 0.1) is 0 Å². The van der Waals surface area contributed by atoms with Gasteiger partial charge in [0, 0.05) is 37.5 Å². The molecule has 0 unspecified atom stereocenters. The molecule has 0 fully saturated rings. The lowest BCUT2D eigenvalue weighted by Gasteiger charge is -2.07. The summed E-state index contributed by atoms with van der Waals surface area (Å²) in [5.74, 6) is 0.995. The van der Waals surface area contributed by atoms with E-state index in [1.54, 1.807) is 18.6 Å². The summed E-state index contributed by atoms with van der Waals surface area (Å²) < 4.78 is 1.99. The van der Waals surface area contributed by atoms with Gasteiger partial charge in [-0.2, -0.15) is 0 Å². The van der Waals surface area contributed by atoms with Crippen LogP contribution in [-0.2, 0) is 13.6 Å². The van der Waals surface area contributed by atoms with Crippen molar-refractivity contribution in [3.8, 4) is 0 Å². The first-order valence-corrected chi connectivity index (χ1v) is 5.74. The van der Waals surface area contributed by atoms with Gasteiger partial charge in [0.05, 0.1) is 17.6 Å². The maximum absolute atomic E-state index is 4.28. The van der Waals surface area contributed by atoms with E-state index in [2.05, 4.69) is 20.3 Å². The minimum atomic E-state index is 0.690. The first kappa shape index (κ1) is 10.7. The quantitative estimate of drug-likeness (QED) is 0.759. The number of hydrogen-bond acceptors (Lipinski definition) is 4. The molecule has 3 rings (SSSR count). The van der Waals surface area contributed by atoms with Crippen molar-refractivity contribution in [1.29, 1.82) is 0 Å². The topological polar surface area (TPSA) is 55.6 Å². The lowest BCUT2D eigenvalue weighted by molar-refractivity contribution is 0.813. The van der Waals surface area contributed by atoms with Gasteiger partial charge in [0.15, 0.2) is 0 Å². The van der Waals surface area contributed by atoms with Crippen molar-refractivity contribution in [3.05, 3.63) is 48.8 Å². The predicted molar refractivity (Wildman–Crippen MR) is 70.1 cm³/mol. The number of rotatable bonds is 3. The van der Waals surface area contributed by atoms with Gasteiger partial charge in [-0.3, -0.25) is 9.97 Å². The van der Waals surface area contributed by atoms with Crippen molar-refractivity contribution in [3.63, 3.8) is 0 Å². The van der Waals surface area contributed by atoms with Crippen LogP contribution < -0.4 is 5.32 Å². The van der Waals surface area contributed by atoms with Crippen LogP contribution in [0.2, 0.25) is 0 Å². The van der Waals surface area contributed by atoms with Crippen molar-refractivity contribution in [2.75, 3.05) is 5.32 Å². The zero-order chi connectivity index (χ0) is 12.4. The molecule has 0 aliphatic carbocycles. The molecule has 5 heteroatoms. The lowest BCUT2D eigenvalue weighted by atomic mass is 10.2. The molecule has 1 aromatic carbocycles. The number of benzene rings is 1. The third-order valence-electron chi connectivity index (χ3n) is 2.84. The highest BCUT2D eigenvalue weighted by molar-refractivity contribution is 5.78. The fourth-order valence-corrected chi connectivity index (χ4v) is 1.82. The predicted octanol–water partition coefficient (Wildman–Crippen LogP) is 1.98. The van der Waals surface area contributed by atoms with E-state index in [0.29, 0.717) is 6.54 Å². The summed E-state index contributed by atoms with van der Waals surface area (Å²) in [6, 6.07) is 5.95. The number of nitrogens with one attached hydrogen (secondary N) is 1. The van der Waals surface area contributed by atoms with Crippen LogP contribution in [0.25, 0.3) is 11.0 Å². The summed E-state index contributed by atoms with van der Waals surface area (Å²) in [7, 11) is 1.98. The Kier molecular flexibility index (Phi) is 2.64. The third kappa shape index (κ3) is 2.02. The van der Waals surface area contributed by atoms with E-state index in [9.17, 15) is 0 Å². The molecule has 18 heavy (non-hydrogen) atoms. The van der Waals surface area contributed by atoms with E-state index >= 15 is 0 Å². The standard InChI is InChI=1S/C13H13N5/c1-18-7-6-16-13(18)9-17-10-2-3-11-12(8-10)15-5-4-14-11/h2-8,17H,9H2,1H3. The average molecular weight is 239 g/mol. The summed E-state index contributed by atoms with van der Waals surface area (Å²) in [6.45, 7) is 0.690. The van der Waals surface area contributed by atoms with Gasteiger partial charge in [0.2, 0.25) is 0 Å². The largest absolute Gasteiger partial charge is 0.378 e. The Labute approximate surface area is 105 Å². The van der Waals surface area contributed by atoms with Gasteiger partial charge in [-0.05, 0) is 18.2 Å². The molecule has 0 aliphatic rings. The average Bonchev–Trinajstić information content (AvgIpc) is 2.82. The van der Waals surface area contributed by atoms with Gasteiger partial charge in [-0.1, -0.05) is 0 Å². The van der Waals surface area contributed by atoms with Crippen LogP contribution in [0.15, 0.2) is 43.0 Å². The number of nitrogens with zero attached hydrogens (tertiary/aromatic N) is 4. The molecule has 1 N–H and O–H groups in total. The second-order valence-corrected chi connectivity index (χ2v) is 4.07. The lowest BCUT2D eigenvalue weighted by Crippen LogP contribution is -2.05. The van der Waals surface area contributed by atoms with Gasteiger partial charge in [0.25, 0.3) is 0 Å². The van der Waals surface area contributed by atoms with Crippen LogP contribution in [0.4, 0.5) is 5.69 Å². The van der Waals surface area contributed by atoms with Crippen LogP contribution >= 0.6 is 0 Å². The number of anilines is 1. The molecule has 0 aliphatic heterocycles. The maximum atomic E-state index is 4.28. The third-order valence-corrected chi connectivity index (χ3v) is 2.84. The minimum absolute atomic E-state index is 0.690. The van der Waals surface area contributed by atoms with Crippen molar-refractivity contribution in [1.82, 2.24) is 19.5 Å². The Morgan fingerprint density at radius 1 is 1.06 bits per heavy atom. The summed E-state index contributed by atoms with van der Waals surface area (Å²) in [6.07, 6.45) is 7.12. The minimum Gasteiger partial charge on any atom is -0.378 e. The van der Waals surface area contributed by atoms with E-state index in [4.69, 9.17) is 0 Å². The zero-order valence-electron chi connectivity index (χ0n) is 10.0. The van der Waals surface area contributed by atoms with E-state index in [1.807, 2.05) is 36.0 Å². The van der Waals surface area contributed by atoms with Crippen molar-refractivity contribution < 1.29 is 0 Å². The smallest absolute Gasteiger partial charge is 0.127 e. The Hall–Kier alpha value is -2.43. The molecule has 0 bridgehead atoms. The Morgan fingerprint density at radius 3 is 2.67 bits per heavy atom. The molecule has 0 radical (unpaired) electrons. The van der Waals surface area contributed by atoms with Crippen molar-refractivity contribution in [2.24, 2.45) is 7.05 Å². The van der Waals surface area contributed by atoms with Gasteiger partial charge < -0.3 is 9.88 Å². The first-order chi connectivity index (χ1) is 8.83. The Balaban J connectivity index is 1.81. The highest BCUT2D eigenvalue weighted by Crippen LogP contribution is 2.15. The van der Waals surface area contributed by atoms with E-state index in [0.717, 1.165) is 22.5 Å². The molecule has 2 heterocycles. The fraction of sp³-hybridized carbons (Fsp3) is 0.154. The fourth-order valence-electron chi connectivity index (χ4n) is 1.82. The summed E-state index contributed by atoms with van der Waals surface area (Å²) in [4.78, 5) is 12.8. The van der Waals surface area contributed by atoms with Gasteiger partial charge in [0.1, 0.15) is 5.82 Å². The molecule has 0 spiro atoms. The normalized spacial score (nSPS) is 10.7. The number of aromatic nitrogens is 4. The highest BCUT2D eigenvalue weighted by atomic mass is 15.1. The van der Waals surface area contributed by atoms with Crippen LogP contribution in [-0.4, -0.2) is 19.5 Å². The zero-order valence-corrected chi connectivity index (χ0v) is 10.0. The molecule has 5 nitrogen and oxygen atoms in total. The molecule has 0 atom stereocenters. The second-order valence-electron chi connectivity index (χ2n) is 4.07. The molecular weight excluding hydrogens is 226 g/mol. The second kappa shape index (κ2) is 4.44. The molecular formula is C13H13N5. The molecule has 2 aromatic heterocycles. The summed E-state index contributed by atoms with van der Waals surface area (Å²) >= 11 is 0. The van der Waals surface area contributed by atoms with Crippen LogP contribution in [0.5, 0.6) is 0 Å². The van der Waals surface area contributed by atoms with Gasteiger partial charge in [-0.15, -0.1) is 0 Å². The van der Waals surface area contributed by atoms with E-state index < -0.39 is 0 Å². The van der Waals surface area contributed by atoms with Gasteiger partial charge in [-0.25, -0.2) is 4.98 Å². The van der Waals surface area contributed by atoms with Gasteiger partial charge >= 0.3 is 0 Å². The number of hydrogen-bond donors (Lipinski definition) is 1. The van der Waals surface area contributed by atoms with Crippen molar-refractivity contribution >= 4 is 16.7 Å². The molecule has 90 valence electrons. The number of fused-ring (bicyclic) bond motifs is 1. The first-order valence-electron chi connectivity index (χ1n) is 5.74. The van der Waals surface area contributed by atoms with E-state index in [-0.39, 0.29) is 0 Å². The molecule has 3 aromatic rings. The monoisotopic (exact) mass is 239 g/mol. The SMILES string of the molecule is Cn1ccnc1CNc1ccc2nccnc2c1. The Morgan fingerprint density at radius 2 is 1.89 bits per heavy atom. The van der Waals surface area contributed by atoms with Crippen LogP contribution in [0.3, 0.4) is 0 Å². The Bertz CT molecular complexity index is 674. The number of aryl methyl sites for hydroxylation is 1. The summed E-state index contributed by atoms with van der Waals surface area (Å²) in [5.41, 5.74) is 2.81. The molecule has 0 amide bonds. The summed E-state index contributed by atoms with van der Waals surface area (Å²) in [5, 5.41) is 3.33.